The summed E-state index contributed by atoms with van der Waals surface area (Å²) in [5, 5.41) is 25.0. The van der Waals surface area contributed by atoms with Crippen molar-refractivity contribution in [3.05, 3.63) is 77.7 Å². The van der Waals surface area contributed by atoms with Crippen molar-refractivity contribution in [3.8, 4) is 11.5 Å². The van der Waals surface area contributed by atoms with Gasteiger partial charge in [0.05, 0.1) is 37.1 Å². The van der Waals surface area contributed by atoms with Crippen LogP contribution in [0.5, 0.6) is 11.5 Å². The van der Waals surface area contributed by atoms with Crippen molar-refractivity contribution in [2.24, 2.45) is 22.9 Å². The Bertz CT molecular complexity index is 1870. The molecule has 1 unspecified atom stereocenters. The van der Waals surface area contributed by atoms with E-state index in [9.17, 15) is 15.0 Å². The number of benzene rings is 1. The Balaban J connectivity index is 1.40. The van der Waals surface area contributed by atoms with Gasteiger partial charge in [0.2, 0.25) is 12.1 Å². The van der Waals surface area contributed by atoms with Crippen LogP contribution in [0.1, 0.15) is 172 Å². The highest BCUT2D eigenvalue weighted by molar-refractivity contribution is 6.03. The minimum atomic E-state index is -1.36. The predicted molar refractivity (Wildman–Crippen MR) is 263 cm³/mol. The Labute approximate surface area is 401 Å². The van der Waals surface area contributed by atoms with Crippen LogP contribution >= 0.6 is 0 Å². The van der Waals surface area contributed by atoms with E-state index in [2.05, 4.69) is 37.6 Å². The number of pyridine rings is 1. The second-order valence-corrected chi connectivity index (χ2v) is 19.2. The molecule has 2 N–H and O–H groups in total. The zero-order valence-electron chi connectivity index (χ0n) is 41.2. The maximum absolute atomic E-state index is 14.7. The number of allylic oxidation sites excluding steroid dienone is 1. The van der Waals surface area contributed by atoms with E-state index in [4.69, 9.17) is 33.7 Å². The Morgan fingerprint density at radius 2 is 1.70 bits per heavy atom. The Morgan fingerprint density at radius 3 is 2.40 bits per heavy atom. The summed E-state index contributed by atoms with van der Waals surface area (Å²) in [4.78, 5) is 27.5. The van der Waals surface area contributed by atoms with E-state index in [1.54, 1.807) is 6.08 Å². The minimum absolute atomic E-state index is 0.0903. The summed E-state index contributed by atoms with van der Waals surface area (Å²) in [6, 6.07) is 11.4. The van der Waals surface area contributed by atoms with Gasteiger partial charge < -0.3 is 38.7 Å². The van der Waals surface area contributed by atoms with Gasteiger partial charge in [-0.25, -0.2) is 4.79 Å². The molecule has 3 heterocycles. The van der Waals surface area contributed by atoms with E-state index >= 15 is 0 Å². The number of aryl methyl sites for hydroxylation is 1. The van der Waals surface area contributed by atoms with Crippen molar-refractivity contribution in [1.29, 1.82) is 0 Å². The van der Waals surface area contributed by atoms with Crippen LogP contribution in [0.15, 0.2) is 65.9 Å². The maximum Gasteiger partial charge on any atom is 0.410 e. The van der Waals surface area contributed by atoms with Gasteiger partial charge >= 0.3 is 6.09 Å². The molecule has 0 bridgehead atoms. The van der Waals surface area contributed by atoms with Gasteiger partial charge in [-0.15, -0.1) is 6.58 Å². The number of oxime groups is 1. The average Bonchev–Trinajstić information content (AvgIpc) is 3.34. The number of fused-ring (bicyclic) bond motifs is 2. The van der Waals surface area contributed by atoms with Crippen LogP contribution in [0.4, 0.5) is 4.79 Å². The van der Waals surface area contributed by atoms with Crippen LogP contribution in [0.3, 0.4) is 0 Å². The zero-order valence-corrected chi connectivity index (χ0v) is 41.2. The molecular formula is C55H83N3O9. The molecule has 1 amide bonds. The molecule has 12 heteroatoms. The van der Waals surface area contributed by atoms with Gasteiger partial charge in [0.15, 0.2) is 0 Å². The number of ether oxygens (including phenoxy) is 5. The summed E-state index contributed by atoms with van der Waals surface area (Å²) in [7, 11) is 0. The number of hydrogen-bond donors (Lipinski definition) is 2. The first-order chi connectivity index (χ1) is 32.9. The molecule has 67 heavy (non-hydrogen) atoms. The molecule has 12 nitrogen and oxygen atoms in total. The van der Waals surface area contributed by atoms with Crippen molar-refractivity contribution in [2.45, 2.75) is 186 Å². The van der Waals surface area contributed by atoms with E-state index in [0.717, 1.165) is 92.4 Å². The van der Waals surface area contributed by atoms with Crippen LogP contribution in [-0.2, 0) is 25.7 Å². The fourth-order valence-electron chi connectivity index (χ4n) is 10.9. The summed E-state index contributed by atoms with van der Waals surface area (Å²) >= 11 is 0. The summed E-state index contributed by atoms with van der Waals surface area (Å²) in [5.74, 6) is -0.372. The van der Waals surface area contributed by atoms with Crippen LogP contribution in [0.2, 0.25) is 0 Å². The van der Waals surface area contributed by atoms with Gasteiger partial charge in [-0.3, -0.25) is 9.88 Å². The fraction of sp³-hybridized carbons (Fsp3) is 0.691. The summed E-state index contributed by atoms with van der Waals surface area (Å²) in [6.07, 6.45) is 23.7. The molecule has 6 rings (SSSR count). The number of aromatic nitrogens is 1. The van der Waals surface area contributed by atoms with Gasteiger partial charge in [-0.2, -0.15) is 0 Å². The van der Waals surface area contributed by atoms with Crippen LogP contribution < -0.4 is 9.47 Å². The number of unbranched alkanes of at least 4 members (excludes halogenated alkanes) is 11. The quantitative estimate of drug-likeness (QED) is 0.0442. The highest BCUT2D eigenvalue weighted by atomic mass is 16.8. The number of nitrogens with zero attached hydrogens (tertiary/aromatic N) is 3. The summed E-state index contributed by atoms with van der Waals surface area (Å²) in [6.45, 7) is 12.5. The van der Waals surface area contributed by atoms with Gasteiger partial charge in [0.25, 0.3) is 0 Å². The minimum Gasteiger partial charge on any atom is -0.487 e. The highest BCUT2D eigenvalue weighted by Crippen LogP contribution is 2.62. The molecule has 0 radical (unpaired) electrons. The Morgan fingerprint density at radius 1 is 0.940 bits per heavy atom. The molecule has 1 aromatic carbocycles. The first kappa shape index (κ1) is 52.4. The highest BCUT2D eigenvalue weighted by Gasteiger charge is 2.65. The normalized spacial score (nSPS) is 24.8. The van der Waals surface area contributed by atoms with Crippen molar-refractivity contribution in [2.75, 3.05) is 39.6 Å². The molecule has 1 saturated heterocycles. The van der Waals surface area contributed by atoms with Crippen molar-refractivity contribution < 1.29 is 43.5 Å². The third-order valence-corrected chi connectivity index (χ3v) is 14.2. The number of aliphatic hydroxyl groups is 2. The monoisotopic (exact) mass is 930 g/mol. The molecule has 2 aliphatic carbocycles. The Hall–Kier alpha value is -3.97. The van der Waals surface area contributed by atoms with Crippen LogP contribution in [0, 0.1) is 24.7 Å². The topological polar surface area (TPSA) is 141 Å². The second-order valence-electron chi connectivity index (χ2n) is 19.2. The molecule has 0 spiro atoms. The molecule has 372 valence electrons. The van der Waals surface area contributed by atoms with Crippen LogP contribution in [0.25, 0.3) is 0 Å². The molecule has 2 aliphatic heterocycles. The molecule has 1 saturated carbocycles. The number of hydrogen-bond acceptors (Lipinski definition) is 11. The van der Waals surface area contributed by atoms with E-state index in [1.807, 2.05) is 42.2 Å². The molecule has 7 atom stereocenters. The SMILES string of the molecule is C=CCO[C@@]12Oc3ccc(OCc4cccc(C)n4)cc3[C@H]3[C@H](CCCCO)[C@@H](CCCCO)C=C(C(=NOC4CCCCO4)C[C@@H]1N(CCC)C(=O)OCCCCCCCCCCCC)[C@H]32. The molecule has 1 aromatic heterocycles. The summed E-state index contributed by atoms with van der Waals surface area (Å²) in [5.41, 5.74) is 4.52. The lowest BCUT2D eigenvalue weighted by atomic mass is 9.55. The zero-order chi connectivity index (χ0) is 47.3. The molecule has 2 aromatic rings. The third-order valence-electron chi connectivity index (χ3n) is 14.2. The van der Waals surface area contributed by atoms with Gasteiger partial charge in [-0.1, -0.05) is 108 Å². The molecule has 2 fully saturated rings. The fourth-order valence-corrected chi connectivity index (χ4v) is 10.9. The predicted octanol–water partition coefficient (Wildman–Crippen LogP) is 11.9. The lowest BCUT2D eigenvalue weighted by Crippen LogP contribution is -2.70. The smallest absolute Gasteiger partial charge is 0.410 e. The number of aliphatic hydroxyl groups excluding tert-OH is 2. The van der Waals surface area contributed by atoms with Crippen LogP contribution in [-0.4, -0.2) is 89.6 Å². The lowest BCUT2D eigenvalue weighted by Gasteiger charge is -2.60. The average molecular weight is 930 g/mol. The molecule has 4 aliphatic rings. The van der Waals surface area contributed by atoms with Crippen molar-refractivity contribution >= 4 is 11.8 Å². The van der Waals surface area contributed by atoms with E-state index in [1.165, 1.54) is 44.9 Å². The van der Waals surface area contributed by atoms with E-state index in [0.29, 0.717) is 63.5 Å². The largest absolute Gasteiger partial charge is 0.487 e. The number of carbonyl (C=O) groups excluding carboxylic acids is 1. The molecular weight excluding hydrogens is 847 g/mol. The van der Waals surface area contributed by atoms with Gasteiger partial charge in [-0.05, 0) is 106 Å². The van der Waals surface area contributed by atoms with Gasteiger partial charge in [0.1, 0.15) is 24.1 Å². The van der Waals surface area contributed by atoms with E-state index in [-0.39, 0.29) is 43.7 Å². The number of amides is 1. The van der Waals surface area contributed by atoms with Crippen molar-refractivity contribution in [3.63, 3.8) is 0 Å². The number of carbonyl (C=O) groups is 1. The van der Waals surface area contributed by atoms with Gasteiger partial charge in [0, 0.05) is 49.8 Å². The first-order valence-corrected chi connectivity index (χ1v) is 26.2. The maximum atomic E-state index is 14.7. The summed E-state index contributed by atoms with van der Waals surface area (Å²) < 4.78 is 33.3. The third kappa shape index (κ3) is 14.3. The lowest BCUT2D eigenvalue weighted by molar-refractivity contribution is -0.255. The second kappa shape index (κ2) is 27.9. The number of rotatable bonds is 30. The van der Waals surface area contributed by atoms with E-state index < -0.39 is 24.0 Å². The first-order valence-electron chi connectivity index (χ1n) is 26.2. The van der Waals surface area contributed by atoms with Crippen molar-refractivity contribution in [1.82, 2.24) is 9.88 Å². The standard InChI is InChI=1S/C55H83N3O9/c1-5-8-9-10-11-12-13-14-15-21-36-63-54(61)58(31-6-2)50-39-48(57-67-51-28-18-22-35-62-51)46-37-42(25-16-19-32-59)45(27-17-20-33-60)52-47-38-44(64-40-43-26-23-24-41(4)56-43)29-30-49(47)66-55(50,53(46)52)65-34-7-3/h7,23-24,26,29-30,37-38,42,45,50-53,59-60H,3,5-6,8-22,25,27-28,31-36,39-40H2,1-2,4H3/t42-,45+,50-,51?,52+,53+,55+/m0/s1. The Kier molecular flexibility index (Phi) is 21.8.